The monoisotopic (exact) mass is 309 g/mol. The fourth-order valence-corrected chi connectivity index (χ4v) is 2.61. The van der Waals surface area contributed by atoms with Crippen LogP contribution in [0.2, 0.25) is 0 Å². The Balaban J connectivity index is 2.02. The summed E-state index contributed by atoms with van der Waals surface area (Å²) in [6, 6.07) is 7.77. The number of likely N-dealkylation sites (tertiary alicyclic amines) is 1. The Labute approximate surface area is 115 Å². The minimum absolute atomic E-state index is 0.00957. The number of nitrogens with zero attached hydrogens (tertiary/aromatic N) is 1. The molecule has 1 N–H and O–H groups in total. The van der Waals surface area contributed by atoms with Gasteiger partial charge in [-0.15, -0.1) is 0 Å². The van der Waals surface area contributed by atoms with Crippen LogP contribution in [0.4, 0.5) is 0 Å². The molecule has 1 aromatic carbocycles. The van der Waals surface area contributed by atoms with Crippen molar-refractivity contribution in [2.45, 2.75) is 18.9 Å². The van der Waals surface area contributed by atoms with Crippen molar-refractivity contribution < 1.29 is 9.90 Å². The second-order valence-corrected chi connectivity index (χ2v) is 5.31. The number of benzene rings is 1. The van der Waals surface area contributed by atoms with Crippen LogP contribution in [-0.4, -0.2) is 35.1 Å². The fraction of sp³-hybridized carbons (Fsp3) is 0.357. The lowest BCUT2D eigenvalue weighted by molar-refractivity contribution is -0.127. The normalized spacial score (nSPS) is 19.7. The molecule has 1 saturated heterocycles. The van der Waals surface area contributed by atoms with Gasteiger partial charge in [-0.3, -0.25) is 4.79 Å². The summed E-state index contributed by atoms with van der Waals surface area (Å²) < 4.78 is 0.992. The fourth-order valence-electron chi connectivity index (χ4n) is 2.19. The molecule has 1 amide bonds. The summed E-state index contributed by atoms with van der Waals surface area (Å²) in [5.41, 5.74) is 0.984. The van der Waals surface area contributed by atoms with Crippen LogP contribution in [-0.2, 0) is 4.79 Å². The van der Waals surface area contributed by atoms with Crippen LogP contribution in [0, 0.1) is 0 Å². The van der Waals surface area contributed by atoms with Crippen LogP contribution in [0.5, 0.6) is 0 Å². The quantitative estimate of drug-likeness (QED) is 0.871. The van der Waals surface area contributed by atoms with Crippen molar-refractivity contribution in [3.8, 4) is 0 Å². The molecule has 1 heterocycles. The first kappa shape index (κ1) is 13.3. The Morgan fingerprint density at radius 3 is 3.11 bits per heavy atom. The third-order valence-electron chi connectivity index (χ3n) is 3.14. The van der Waals surface area contributed by atoms with Crippen LogP contribution < -0.4 is 0 Å². The topological polar surface area (TPSA) is 40.5 Å². The molecular formula is C14H16BrNO2. The zero-order chi connectivity index (χ0) is 13.0. The number of rotatable bonds is 3. The summed E-state index contributed by atoms with van der Waals surface area (Å²) in [6.07, 6.45) is 5.25. The zero-order valence-electron chi connectivity index (χ0n) is 10.1. The lowest BCUT2D eigenvalue weighted by atomic mass is 10.2. The predicted octanol–water partition coefficient (Wildman–Crippen LogP) is 2.45. The zero-order valence-corrected chi connectivity index (χ0v) is 11.6. The van der Waals surface area contributed by atoms with Crippen LogP contribution >= 0.6 is 15.9 Å². The molecule has 0 radical (unpaired) electrons. The van der Waals surface area contributed by atoms with E-state index in [2.05, 4.69) is 15.9 Å². The largest absolute Gasteiger partial charge is 0.394 e. The highest BCUT2D eigenvalue weighted by molar-refractivity contribution is 9.10. The van der Waals surface area contributed by atoms with E-state index in [0.717, 1.165) is 29.4 Å². The Morgan fingerprint density at radius 2 is 2.39 bits per heavy atom. The molecule has 1 aliphatic rings. The molecule has 0 spiro atoms. The molecule has 96 valence electrons. The van der Waals surface area contributed by atoms with Gasteiger partial charge in [0.15, 0.2) is 0 Å². The smallest absolute Gasteiger partial charge is 0.246 e. The van der Waals surface area contributed by atoms with Crippen molar-refractivity contribution in [1.29, 1.82) is 0 Å². The molecule has 1 unspecified atom stereocenters. The third kappa shape index (κ3) is 3.21. The first-order chi connectivity index (χ1) is 8.70. The van der Waals surface area contributed by atoms with E-state index < -0.39 is 0 Å². The molecule has 3 nitrogen and oxygen atoms in total. The van der Waals surface area contributed by atoms with Crippen molar-refractivity contribution in [3.05, 3.63) is 40.4 Å². The molecular weight excluding hydrogens is 294 g/mol. The average Bonchev–Trinajstić information content (AvgIpc) is 2.84. The molecule has 0 bridgehead atoms. The van der Waals surface area contributed by atoms with Crippen molar-refractivity contribution in [2.75, 3.05) is 13.2 Å². The highest BCUT2D eigenvalue weighted by Gasteiger charge is 2.26. The Hall–Kier alpha value is -1.13. The molecule has 1 aliphatic heterocycles. The van der Waals surface area contributed by atoms with Gasteiger partial charge >= 0.3 is 0 Å². The van der Waals surface area contributed by atoms with Crippen molar-refractivity contribution in [2.24, 2.45) is 0 Å². The number of aliphatic hydroxyl groups is 1. The highest BCUT2D eigenvalue weighted by Crippen LogP contribution is 2.18. The number of hydrogen-bond donors (Lipinski definition) is 1. The number of carbonyl (C=O) groups excluding carboxylic acids is 1. The predicted molar refractivity (Wildman–Crippen MR) is 75.0 cm³/mol. The van der Waals surface area contributed by atoms with Gasteiger partial charge in [-0.2, -0.15) is 0 Å². The van der Waals surface area contributed by atoms with E-state index in [9.17, 15) is 9.90 Å². The summed E-state index contributed by atoms with van der Waals surface area (Å²) in [7, 11) is 0. The Bertz CT molecular complexity index is 459. The van der Waals surface area contributed by atoms with Gasteiger partial charge in [0, 0.05) is 17.1 Å². The van der Waals surface area contributed by atoms with Gasteiger partial charge in [-0.25, -0.2) is 0 Å². The summed E-state index contributed by atoms with van der Waals surface area (Å²) in [6.45, 7) is 0.795. The van der Waals surface area contributed by atoms with Crippen molar-refractivity contribution in [3.63, 3.8) is 0 Å². The summed E-state index contributed by atoms with van der Waals surface area (Å²) in [4.78, 5) is 13.7. The maximum absolute atomic E-state index is 12.0. The molecule has 1 atom stereocenters. The highest BCUT2D eigenvalue weighted by atomic mass is 79.9. The third-order valence-corrected chi connectivity index (χ3v) is 3.63. The van der Waals surface area contributed by atoms with Gasteiger partial charge in [-0.1, -0.05) is 28.1 Å². The summed E-state index contributed by atoms with van der Waals surface area (Å²) >= 11 is 3.39. The van der Waals surface area contributed by atoms with Gasteiger partial charge in [0.25, 0.3) is 0 Å². The van der Waals surface area contributed by atoms with Gasteiger partial charge in [0.1, 0.15) is 0 Å². The number of carbonyl (C=O) groups is 1. The van der Waals surface area contributed by atoms with Gasteiger partial charge in [0.2, 0.25) is 5.91 Å². The summed E-state index contributed by atoms with van der Waals surface area (Å²) in [5, 5.41) is 9.18. The van der Waals surface area contributed by atoms with Crippen LogP contribution in [0.1, 0.15) is 18.4 Å². The van der Waals surface area contributed by atoms with Crippen molar-refractivity contribution in [1.82, 2.24) is 4.90 Å². The minimum atomic E-state index is -0.0217. The molecule has 0 aromatic heterocycles. The molecule has 2 rings (SSSR count). The first-order valence-corrected chi connectivity index (χ1v) is 6.85. The van der Waals surface area contributed by atoms with E-state index in [1.807, 2.05) is 24.3 Å². The standard InChI is InChI=1S/C14H16BrNO2/c15-12-4-1-3-11(9-12)6-7-14(18)16-8-2-5-13(16)10-17/h1,3-4,6-7,9,13,17H,2,5,8,10H2/b7-6+. The SMILES string of the molecule is O=C(/C=C/c1cccc(Br)c1)N1CCCC1CO. The number of aliphatic hydroxyl groups excluding tert-OH is 1. The lowest BCUT2D eigenvalue weighted by Gasteiger charge is -2.21. The van der Waals surface area contributed by atoms with E-state index in [1.54, 1.807) is 17.1 Å². The van der Waals surface area contributed by atoms with E-state index in [-0.39, 0.29) is 18.6 Å². The van der Waals surface area contributed by atoms with Crippen molar-refractivity contribution >= 4 is 27.9 Å². The van der Waals surface area contributed by atoms with Gasteiger partial charge in [0.05, 0.1) is 12.6 Å². The van der Waals surface area contributed by atoms with E-state index in [1.165, 1.54) is 0 Å². The Kier molecular flexibility index (Phi) is 4.55. The van der Waals surface area contributed by atoms with Crippen LogP contribution in [0.3, 0.4) is 0 Å². The first-order valence-electron chi connectivity index (χ1n) is 6.06. The maximum atomic E-state index is 12.0. The number of halogens is 1. The van der Waals surface area contributed by atoms with E-state index in [0.29, 0.717) is 0 Å². The molecule has 0 saturated carbocycles. The molecule has 0 aliphatic carbocycles. The second kappa shape index (κ2) is 6.16. The van der Waals surface area contributed by atoms with E-state index >= 15 is 0 Å². The average molecular weight is 310 g/mol. The molecule has 4 heteroatoms. The second-order valence-electron chi connectivity index (χ2n) is 4.40. The van der Waals surface area contributed by atoms with Crippen LogP contribution in [0.15, 0.2) is 34.8 Å². The van der Waals surface area contributed by atoms with Crippen LogP contribution in [0.25, 0.3) is 6.08 Å². The molecule has 1 fully saturated rings. The maximum Gasteiger partial charge on any atom is 0.246 e. The lowest BCUT2D eigenvalue weighted by Crippen LogP contribution is -2.36. The molecule has 1 aromatic rings. The molecule has 18 heavy (non-hydrogen) atoms. The van der Waals surface area contributed by atoms with E-state index in [4.69, 9.17) is 0 Å². The summed E-state index contributed by atoms with van der Waals surface area (Å²) in [5.74, 6) is -0.0217. The number of amides is 1. The van der Waals surface area contributed by atoms with Gasteiger partial charge in [-0.05, 0) is 36.6 Å². The van der Waals surface area contributed by atoms with Gasteiger partial charge < -0.3 is 10.0 Å². The minimum Gasteiger partial charge on any atom is -0.394 e. The number of hydrogen-bond acceptors (Lipinski definition) is 2. The Morgan fingerprint density at radius 1 is 1.56 bits per heavy atom.